The molecule has 2 nitrogen and oxygen atoms in total. The van der Waals surface area contributed by atoms with Gasteiger partial charge >= 0.3 is 0 Å². The SMILES string of the molecule is O=C(c1ccc(-n2cccc2)cc1)c1cccc(Cl)c1. The average molecular weight is 282 g/mol. The van der Waals surface area contributed by atoms with E-state index in [2.05, 4.69) is 0 Å². The van der Waals surface area contributed by atoms with Crippen LogP contribution < -0.4 is 0 Å². The summed E-state index contributed by atoms with van der Waals surface area (Å²) in [5.74, 6) is -0.0217. The molecule has 3 heteroatoms. The zero-order valence-electron chi connectivity index (χ0n) is 10.7. The lowest BCUT2D eigenvalue weighted by Gasteiger charge is -2.05. The number of carbonyl (C=O) groups excluding carboxylic acids is 1. The molecule has 0 radical (unpaired) electrons. The molecule has 98 valence electrons. The maximum atomic E-state index is 12.3. The maximum absolute atomic E-state index is 12.3. The van der Waals surface area contributed by atoms with Gasteiger partial charge in [0.25, 0.3) is 0 Å². The summed E-state index contributed by atoms with van der Waals surface area (Å²) >= 11 is 5.91. The lowest BCUT2D eigenvalue weighted by Crippen LogP contribution is -2.01. The van der Waals surface area contributed by atoms with Crippen LogP contribution in [0.3, 0.4) is 0 Å². The number of aromatic nitrogens is 1. The van der Waals surface area contributed by atoms with Gasteiger partial charge in [-0.2, -0.15) is 0 Å². The number of nitrogens with zero attached hydrogens (tertiary/aromatic N) is 1. The third kappa shape index (κ3) is 2.51. The Labute approximate surface area is 122 Å². The van der Waals surface area contributed by atoms with Gasteiger partial charge in [-0.1, -0.05) is 23.7 Å². The monoisotopic (exact) mass is 281 g/mol. The van der Waals surface area contributed by atoms with Crippen molar-refractivity contribution in [1.82, 2.24) is 4.57 Å². The van der Waals surface area contributed by atoms with Crippen molar-refractivity contribution >= 4 is 17.4 Å². The molecule has 3 aromatic rings. The molecular formula is C17H12ClNO. The minimum Gasteiger partial charge on any atom is -0.324 e. The molecule has 1 aromatic heterocycles. The standard InChI is InChI=1S/C17H12ClNO/c18-15-5-3-4-14(12-15)17(20)13-6-8-16(9-7-13)19-10-1-2-11-19/h1-12H. The molecule has 0 aliphatic heterocycles. The van der Waals surface area contributed by atoms with Crippen molar-refractivity contribution in [2.24, 2.45) is 0 Å². The van der Waals surface area contributed by atoms with Crippen LogP contribution in [0.1, 0.15) is 15.9 Å². The maximum Gasteiger partial charge on any atom is 0.193 e. The fourth-order valence-electron chi connectivity index (χ4n) is 2.09. The summed E-state index contributed by atoms with van der Waals surface area (Å²) in [6, 6.07) is 18.4. The molecule has 0 spiro atoms. The number of ketones is 1. The Bertz CT molecular complexity index is 730. The van der Waals surface area contributed by atoms with Gasteiger partial charge in [0.05, 0.1) is 0 Å². The largest absolute Gasteiger partial charge is 0.324 e. The third-order valence-corrected chi connectivity index (χ3v) is 3.35. The second-order valence-corrected chi connectivity index (χ2v) is 4.91. The Morgan fingerprint density at radius 2 is 1.55 bits per heavy atom. The Kier molecular flexibility index (Phi) is 3.40. The van der Waals surface area contributed by atoms with Crippen LogP contribution in [-0.2, 0) is 0 Å². The summed E-state index contributed by atoms with van der Waals surface area (Å²) < 4.78 is 1.99. The second kappa shape index (κ2) is 5.35. The van der Waals surface area contributed by atoms with Crippen LogP contribution in [0.25, 0.3) is 5.69 Å². The summed E-state index contributed by atoms with van der Waals surface area (Å²) in [7, 11) is 0. The van der Waals surface area contributed by atoms with E-state index in [1.165, 1.54) is 0 Å². The first-order valence-corrected chi connectivity index (χ1v) is 6.65. The summed E-state index contributed by atoms with van der Waals surface area (Å²) in [4.78, 5) is 12.3. The molecular weight excluding hydrogens is 270 g/mol. The van der Waals surface area contributed by atoms with Crippen LogP contribution in [0, 0.1) is 0 Å². The van der Waals surface area contributed by atoms with E-state index in [0.717, 1.165) is 5.69 Å². The number of hydrogen-bond donors (Lipinski definition) is 0. The first kappa shape index (κ1) is 12.7. The van der Waals surface area contributed by atoms with E-state index in [4.69, 9.17) is 11.6 Å². The normalized spacial score (nSPS) is 10.4. The number of rotatable bonds is 3. The predicted octanol–water partition coefficient (Wildman–Crippen LogP) is 4.36. The zero-order chi connectivity index (χ0) is 13.9. The van der Waals surface area contributed by atoms with E-state index in [1.54, 1.807) is 24.3 Å². The smallest absolute Gasteiger partial charge is 0.193 e. The molecule has 1 heterocycles. The lowest BCUT2D eigenvalue weighted by molar-refractivity contribution is 0.103. The first-order chi connectivity index (χ1) is 9.74. The fraction of sp³-hybridized carbons (Fsp3) is 0. The quantitative estimate of drug-likeness (QED) is 0.654. The van der Waals surface area contributed by atoms with Crippen molar-refractivity contribution in [3.05, 3.63) is 89.2 Å². The van der Waals surface area contributed by atoms with Gasteiger partial charge in [-0.05, 0) is 48.5 Å². The minimum atomic E-state index is -0.0217. The van der Waals surface area contributed by atoms with Crippen LogP contribution in [0.4, 0.5) is 0 Å². The van der Waals surface area contributed by atoms with Gasteiger partial charge < -0.3 is 4.57 Å². The Morgan fingerprint density at radius 1 is 0.850 bits per heavy atom. The summed E-state index contributed by atoms with van der Waals surface area (Å²) in [5.41, 5.74) is 2.28. The summed E-state index contributed by atoms with van der Waals surface area (Å²) in [6.45, 7) is 0. The third-order valence-electron chi connectivity index (χ3n) is 3.12. The topological polar surface area (TPSA) is 22.0 Å². The molecule has 0 fully saturated rings. The van der Waals surface area contributed by atoms with Crippen LogP contribution in [0.2, 0.25) is 5.02 Å². The van der Waals surface area contributed by atoms with Crippen molar-refractivity contribution in [3.8, 4) is 5.69 Å². The van der Waals surface area contributed by atoms with Gasteiger partial charge in [0, 0.05) is 34.2 Å². The first-order valence-electron chi connectivity index (χ1n) is 6.28. The van der Waals surface area contributed by atoms with Crippen LogP contribution in [-0.4, -0.2) is 10.4 Å². The van der Waals surface area contributed by atoms with Crippen LogP contribution >= 0.6 is 11.6 Å². The van der Waals surface area contributed by atoms with E-state index in [1.807, 2.05) is 53.4 Å². The molecule has 0 aliphatic rings. The van der Waals surface area contributed by atoms with Gasteiger partial charge in [0.2, 0.25) is 0 Å². The van der Waals surface area contributed by atoms with E-state index in [9.17, 15) is 4.79 Å². The highest BCUT2D eigenvalue weighted by Crippen LogP contribution is 2.16. The molecule has 3 rings (SSSR count). The van der Waals surface area contributed by atoms with Crippen molar-refractivity contribution < 1.29 is 4.79 Å². The van der Waals surface area contributed by atoms with E-state index in [-0.39, 0.29) is 5.78 Å². The van der Waals surface area contributed by atoms with Crippen molar-refractivity contribution in [1.29, 1.82) is 0 Å². The molecule has 0 unspecified atom stereocenters. The Balaban J connectivity index is 1.90. The van der Waals surface area contributed by atoms with Crippen molar-refractivity contribution in [3.63, 3.8) is 0 Å². The number of carbonyl (C=O) groups is 1. The molecule has 0 N–H and O–H groups in total. The highest BCUT2D eigenvalue weighted by molar-refractivity contribution is 6.31. The molecule has 0 saturated carbocycles. The molecule has 0 bridgehead atoms. The lowest BCUT2D eigenvalue weighted by atomic mass is 10.0. The average Bonchev–Trinajstić information content (AvgIpc) is 3.01. The van der Waals surface area contributed by atoms with Crippen LogP contribution in [0.15, 0.2) is 73.1 Å². The van der Waals surface area contributed by atoms with Crippen LogP contribution in [0.5, 0.6) is 0 Å². The van der Waals surface area contributed by atoms with Gasteiger partial charge in [-0.3, -0.25) is 4.79 Å². The van der Waals surface area contributed by atoms with Crippen molar-refractivity contribution in [2.75, 3.05) is 0 Å². The van der Waals surface area contributed by atoms with E-state index >= 15 is 0 Å². The summed E-state index contributed by atoms with van der Waals surface area (Å²) in [6.07, 6.45) is 3.93. The van der Waals surface area contributed by atoms with E-state index in [0.29, 0.717) is 16.1 Å². The number of hydrogen-bond acceptors (Lipinski definition) is 1. The van der Waals surface area contributed by atoms with Gasteiger partial charge in [-0.15, -0.1) is 0 Å². The van der Waals surface area contributed by atoms with Gasteiger partial charge in [0.1, 0.15) is 0 Å². The second-order valence-electron chi connectivity index (χ2n) is 4.48. The van der Waals surface area contributed by atoms with E-state index < -0.39 is 0 Å². The fourth-order valence-corrected chi connectivity index (χ4v) is 2.28. The molecule has 0 atom stereocenters. The molecule has 0 saturated heterocycles. The molecule has 20 heavy (non-hydrogen) atoms. The Hall–Kier alpha value is -2.32. The highest BCUT2D eigenvalue weighted by atomic mass is 35.5. The zero-order valence-corrected chi connectivity index (χ0v) is 11.4. The molecule has 0 aliphatic carbocycles. The number of halogens is 1. The number of benzene rings is 2. The van der Waals surface area contributed by atoms with Gasteiger partial charge in [-0.25, -0.2) is 0 Å². The predicted molar refractivity (Wildman–Crippen MR) is 80.7 cm³/mol. The molecule has 0 amide bonds. The molecule has 2 aromatic carbocycles. The van der Waals surface area contributed by atoms with Gasteiger partial charge in [0.15, 0.2) is 5.78 Å². The highest BCUT2D eigenvalue weighted by Gasteiger charge is 2.09. The van der Waals surface area contributed by atoms with Crippen molar-refractivity contribution in [2.45, 2.75) is 0 Å². The Morgan fingerprint density at radius 3 is 2.20 bits per heavy atom. The summed E-state index contributed by atoms with van der Waals surface area (Å²) in [5, 5.41) is 0.569. The minimum absolute atomic E-state index is 0.0217.